The van der Waals surface area contributed by atoms with E-state index in [1.807, 2.05) is 6.07 Å². The van der Waals surface area contributed by atoms with E-state index in [1.54, 1.807) is 24.3 Å². The summed E-state index contributed by atoms with van der Waals surface area (Å²) in [5.74, 6) is 0.637. The van der Waals surface area contributed by atoms with Crippen LogP contribution in [0, 0.1) is 5.82 Å². The van der Waals surface area contributed by atoms with Gasteiger partial charge < -0.3 is 15.2 Å². The molecule has 5 heteroatoms. The number of nitrogen functional groups attached to an aromatic ring is 1. The minimum absolute atomic E-state index is 0.113. The third-order valence-electron chi connectivity index (χ3n) is 2.62. The molecule has 2 aromatic rings. The molecular weight excluding hydrogens is 313 g/mol. The normalized spacial score (nSPS) is 10.3. The Morgan fingerprint density at radius 1 is 1.21 bits per heavy atom. The van der Waals surface area contributed by atoms with E-state index >= 15 is 0 Å². The fourth-order valence-corrected chi connectivity index (χ4v) is 1.96. The topological polar surface area (TPSA) is 44.5 Å². The van der Waals surface area contributed by atoms with Crippen LogP contribution in [0.15, 0.2) is 40.9 Å². The largest absolute Gasteiger partial charge is 0.497 e. The highest BCUT2D eigenvalue weighted by atomic mass is 79.9. The Balaban J connectivity index is 2.10. The molecule has 0 spiro atoms. The molecular formula is C14H13BrFNO2. The van der Waals surface area contributed by atoms with Crippen molar-refractivity contribution in [1.82, 2.24) is 0 Å². The first-order chi connectivity index (χ1) is 9.10. The van der Waals surface area contributed by atoms with E-state index in [2.05, 4.69) is 15.9 Å². The zero-order chi connectivity index (χ0) is 13.8. The lowest BCUT2D eigenvalue weighted by Crippen LogP contribution is -2.01. The average Bonchev–Trinajstić information content (AvgIpc) is 2.39. The highest BCUT2D eigenvalue weighted by Crippen LogP contribution is 2.26. The van der Waals surface area contributed by atoms with Crippen LogP contribution in [0.2, 0.25) is 0 Å². The van der Waals surface area contributed by atoms with Crippen LogP contribution in [0.4, 0.5) is 10.1 Å². The predicted molar refractivity (Wildman–Crippen MR) is 75.8 cm³/mol. The standard InChI is InChI=1S/C14H13BrFNO2/c1-18-11-4-2-9(12(16)7-11)8-19-14-5-3-10(15)6-13(14)17/h2-7H,8,17H2,1H3. The van der Waals surface area contributed by atoms with E-state index in [4.69, 9.17) is 15.2 Å². The van der Waals surface area contributed by atoms with Crippen LogP contribution in [0.5, 0.6) is 11.5 Å². The van der Waals surface area contributed by atoms with Crippen molar-refractivity contribution in [1.29, 1.82) is 0 Å². The van der Waals surface area contributed by atoms with Crippen LogP contribution in [0.3, 0.4) is 0 Å². The Morgan fingerprint density at radius 2 is 2.00 bits per heavy atom. The number of nitrogens with two attached hydrogens (primary N) is 1. The van der Waals surface area contributed by atoms with Gasteiger partial charge in [-0.05, 0) is 30.3 Å². The summed E-state index contributed by atoms with van der Waals surface area (Å²) < 4.78 is 25.0. The van der Waals surface area contributed by atoms with E-state index in [0.717, 1.165) is 4.47 Å². The van der Waals surface area contributed by atoms with E-state index < -0.39 is 0 Å². The summed E-state index contributed by atoms with van der Waals surface area (Å²) in [6.07, 6.45) is 0. The zero-order valence-corrected chi connectivity index (χ0v) is 11.9. The number of benzene rings is 2. The van der Waals surface area contributed by atoms with Crippen molar-refractivity contribution in [3.05, 3.63) is 52.3 Å². The summed E-state index contributed by atoms with van der Waals surface area (Å²) in [4.78, 5) is 0. The van der Waals surface area contributed by atoms with Crippen molar-refractivity contribution < 1.29 is 13.9 Å². The number of hydrogen-bond donors (Lipinski definition) is 1. The first kappa shape index (κ1) is 13.7. The minimum atomic E-state index is -0.366. The molecule has 0 atom stereocenters. The Hall–Kier alpha value is -1.75. The third-order valence-corrected chi connectivity index (χ3v) is 3.11. The lowest BCUT2D eigenvalue weighted by Gasteiger charge is -2.10. The van der Waals surface area contributed by atoms with Gasteiger partial charge in [0.25, 0.3) is 0 Å². The molecule has 0 aliphatic rings. The summed E-state index contributed by atoms with van der Waals surface area (Å²) in [6.45, 7) is 0.113. The van der Waals surface area contributed by atoms with Gasteiger partial charge in [-0.1, -0.05) is 15.9 Å². The van der Waals surface area contributed by atoms with Gasteiger partial charge in [0.2, 0.25) is 0 Å². The Kier molecular flexibility index (Phi) is 4.27. The van der Waals surface area contributed by atoms with Gasteiger partial charge in [0.1, 0.15) is 23.9 Å². The van der Waals surface area contributed by atoms with Crippen LogP contribution in [-0.2, 0) is 6.61 Å². The fourth-order valence-electron chi connectivity index (χ4n) is 1.58. The van der Waals surface area contributed by atoms with Crippen molar-refractivity contribution in [2.75, 3.05) is 12.8 Å². The van der Waals surface area contributed by atoms with E-state index in [9.17, 15) is 4.39 Å². The van der Waals surface area contributed by atoms with Crippen LogP contribution >= 0.6 is 15.9 Å². The number of ether oxygens (including phenoxy) is 2. The lowest BCUT2D eigenvalue weighted by molar-refractivity contribution is 0.301. The first-order valence-corrected chi connectivity index (χ1v) is 6.39. The number of hydrogen-bond acceptors (Lipinski definition) is 3. The quantitative estimate of drug-likeness (QED) is 0.870. The molecule has 0 aliphatic heterocycles. The molecule has 0 unspecified atom stereocenters. The molecule has 0 saturated heterocycles. The third kappa shape index (κ3) is 3.38. The minimum Gasteiger partial charge on any atom is -0.497 e. The first-order valence-electron chi connectivity index (χ1n) is 5.60. The van der Waals surface area contributed by atoms with Crippen molar-refractivity contribution in [3.63, 3.8) is 0 Å². The summed E-state index contributed by atoms with van der Waals surface area (Å²) in [5.41, 5.74) is 6.75. The molecule has 19 heavy (non-hydrogen) atoms. The molecule has 100 valence electrons. The lowest BCUT2D eigenvalue weighted by atomic mass is 10.2. The molecule has 0 aliphatic carbocycles. The summed E-state index contributed by atoms with van der Waals surface area (Å²) in [5, 5.41) is 0. The van der Waals surface area contributed by atoms with E-state index in [0.29, 0.717) is 22.7 Å². The molecule has 3 nitrogen and oxygen atoms in total. The Labute approximate surface area is 119 Å². The maximum Gasteiger partial charge on any atom is 0.142 e. The number of halogens is 2. The highest BCUT2D eigenvalue weighted by molar-refractivity contribution is 9.10. The van der Waals surface area contributed by atoms with Gasteiger partial charge in [0, 0.05) is 16.1 Å². The summed E-state index contributed by atoms with van der Waals surface area (Å²) >= 11 is 3.31. The summed E-state index contributed by atoms with van der Waals surface area (Å²) in [6, 6.07) is 9.93. The molecule has 0 radical (unpaired) electrons. The number of methoxy groups -OCH3 is 1. The average molecular weight is 326 g/mol. The SMILES string of the molecule is COc1ccc(COc2ccc(Br)cc2N)c(F)c1. The number of rotatable bonds is 4. The molecule has 0 fully saturated rings. The predicted octanol–water partition coefficient (Wildman–Crippen LogP) is 3.76. The fraction of sp³-hybridized carbons (Fsp3) is 0.143. The molecule has 2 N–H and O–H groups in total. The van der Waals surface area contributed by atoms with Gasteiger partial charge in [0.05, 0.1) is 12.8 Å². The molecule has 2 rings (SSSR count). The van der Waals surface area contributed by atoms with E-state index in [-0.39, 0.29) is 12.4 Å². The number of anilines is 1. The van der Waals surface area contributed by atoms with Crippen molar-refractivity contribution >= 4 is 21.6 Å². The molecule has 0 heterocycles. The van der Waals surface area contributed by atoms with Gasteiger partial charge in [0.15, 0.2) is 0 Å². The van der Waals surface area contributed by atoms with Crippen LogP contribution in [0.25, 0.3) is 0 Å². The monoisotopic (exact) mass is 325 g/mol. The summed E-state index contributed by atoms with van der Waals surface area (Å²) in [7, 11) is 1.49. The maximum absolute atomic E-state index is 13.7. The smallest absolute Gasteiger partial charge is 0.142 e. The second-order valence-electron chi connectivity index (χ2n) is 3.93. The van der Waals surface area contributed by atoms with Gasteiger partial charge in [-0.3, -0.25) is 0 Å². The van der Waals surface area contributed by atoms with Gasteiger partial charge in [-0.25, -0.2) is 4.39 Å². The molecule has 0 amide bonds. The molecule has 2 aromatic carbocycles. The molecule has 0 bridgehead atoms. The van der Waals surface area contributed by atoms with Crippen molar-refractivity contribution in [2.24, 2.45) is 0 Å². The van der Waals surface area contributed by atoms with Gasteiger partial charge in [-0.15, -0.1) is 0 Å². The van der Waals surface area contributed by atoms with E-state index in [1.165, 1.54) is 13.2 Å². The Morgan fingerprint density at radius 3 is 2.63 bits per heavy atom. The van der Waals surface area contributed by atoms with Crippen LogP contribution in [0.1, 0.15) is 5.56 Å². The maximum atomic E-state index is 13.7. The van der Waals surface area contributed by atoms with Crippen LogP contribution < -0.4 is 15.2 Å². The van der Waals surface area contributed by atoms with Gasteiger partial charge >= 0.3 is 0 Å². The van der Waals surface area contributed by atoms with Crippen molar-refractivity contribution in [3.8, 4) is 11.5 Å². The molecule has 0 saturated carbocycles. The second-order valence-corrected chi connectivity index (χ2v) is 4.84. The molecule has 0 aromatic heterocycles. The highest BCUT2D eigenvalue weighted by Gasteiger charge is 2.06. The van der Waals surface area contributed by atoms with Crippen LogP contribution in [-0.4, -0.2) is 7.11 Å². The zero-order valence-electron chi connectivity index (χ0n) is 10.3. The Bertz CT molecular complexity index is 590. The van der Waals surface area contributed by atoms with Gasteiger partial charge in [-0.2, -0.15) is 0 Å². The second kappa shape index (κ2) is 5.93. The van der Waals surface area contributed by atoms with Crippen molar-refractivity contribution in [2.45, 2.75) is 6.61 Å².